The molecule has 1 unspecified atom stereocenters. The molecule has 2 N–H and O–H groups in total. The molecule has 2 nitrogen and oxygen atoms in total. The molecule has 1 aromatic carbocycles. The van der Waals surface area contributed by atoms with Crippen LogP contribution in [0.25, 0.3) is 0 Å². The summed E-state index contributed by atoms with van der Waals surface area (Å²) < 4.78 is 1.12. The van der Waals surface area contributed by atoms with E-state index >= 15 is 0 Å². The van der Waals surface area contributed by atoms with Crippen LogP contribution in [0.1, 0.15) is 20.3 Å². The van der Waals surface area contributed by atoms with Crippen molar-refractivity contribution in [3.05, 3.63) is 28.7 Å². The summed E-state index contributed by atoms with van der Waals surface area (Å²) in [5.74, 6) is 0. The maximum absolute atomic E-state index is 3.54. The summed E-state index contributed by atoms with van der Waals surface area (Å²) in [5, 5.41) is 7.05. The highest BCUT2D eigenvalue weighted by molar-refractivity contribution is 9.10. The Kier molecular flexibility index (Phi) is 3.03. The normalized spacial score (nSPS) is 24.1. The molecule has 0 spiro atoms. The van der Waals surface area contributed by atoms with E-state index in [1.165, 1.54) is 12.1 Å². The molecule has 1 fully saturated rings. The number of benzene rings is 1. The summed E-state index contributed by atoms with van der Waals surface area (Å²) in [4.78, 5) is 0. The lowest BCUT2D eigenvalue weighted by Gasteiger charge is -2.18. The number of hydrogen-bond donors (Lipinski definition) is 2. The molecule has 1 saturated heterocycles. The minimum absolute atomic E-state index is 0.271. The van der Waals surface area contributed by atoms with Gasteiger partial charge in [-0.25, -0.2) is 0 Å². The van der Waals surface area contributed by atoms with Gasteiger partial charge in [-0.3, -0.25) is 0 Å². The van der Waals surface area contributed by atoms with E-state index in [2.05, 4.69) is 64.7 Å². The molecular formula is C12H17BrN2. The second-order valence-electron chi connectivity index (χ2n) is 4.82. The highest BCUT2D eigenvalue weighted by Gasteiger charge is 2.29. The molecule has 0 saturated carbocycles. The number of hydrogen-bond acceptors (Lipinski definition) is 2. The second-order valence-corrected chi connectivity index (χ2v) is 5.73. The summed E-state index contributed by atoms with van der Waals surface area (Å²) in [6.45, 7) is 5.54. The molecule has 0 amide bonds. The van der Waals surface area contributed by atoms with E-state index in [9.17, 15) is 0 Å². The van der Waals surface area contributed by atoms with Crippen LogP contribution in [0, 0.1) is 0 Å². The van der Waals surface area contributed by atoms with Crippen molar-refractivity contribution in [2.45, 2.75) is 31.8 Å². The summed E-state index contributed by atoms with van der Waals surface area (Å²) in [6.07, 6.45) is 1.17. The first-order valence-electron chi connectivity index (χ1n) is 5.32. The fourth-order valence-electron chi connectivity index (χ4n) is 2.04. The van der Waals surface area contributed by atoms with Crippen LogP contribution in [0.2, 0.25) is 0 Å². The average Bonchev–Trinajstić information content (AvgIpc) is 2.50. The molecule has 0 bridgehead atoms. The van der Waals surface area contributed by atoms with Crippen molar-refractivity contribution in [1.82, 2.24) is 5.32 Å². The Morgan fingerprint density at radius 1 is 1.33 bits per heavy atom. The van der Waals surface area contributed by atoms with Gasteiger partial charge in [0.15, 0.2) is 0 Å². The van der Waals surface area contributed by atoms with Gasteiger partial charge in [-0.1, -0.05) is 15.9 Å². The van der Waals surface area contributed by atoms with Gasteiger partial charge in [0, 0.05) is 28.3 Å². The van der Waals surface area contributed by atoms with Crippen LogP contribution in [-0.2, 0) is 0 Å². The zero-order valence-corrected chi connectivity index (χ0v) is 10.8. The molecule has 1 aliphatic rings. The number of halogens is 1. The van der Waals surface area contributed by atoms with Crippen LogP contribution in [0.3, 0.4) is 0 Å². The first-order chi connectivity index (χ1) is 7.05. The molecule has 1 heterocycles. The molecule has 1 aliphatic heterocycles. The third kappa shape index (κ3) is 2.95. The van der Waals surface area contributed by atoms with Gasteiger partial charge < -0.3 is 10.6 Å². The maximum atomic E-state index is 3.54. The summed E-state index contributed by atoms with van der Waals surface area (Å²) >= 11 is 3.44. The first-order valence-corrected chi connectivity index (χ1v) is 6.12. The van der Waals surface area contributed by atoms with Gasteiger partial charge in [0.1, 0.15) is 0 Å². The van der Waals surface area contributed by atoms with Crippen molar-refractivity contribution < 1.29 is 0 Å². The predicted octanol–water partition coefficient (Wildman–Crippen LogP) is 3.00. The average molecular weight is 269 g/mol. The van der Waals surface area contributed by atoms with Gasteiger partial charge in [-0.05, 0) is 44.5 Å². The SMILES string of the molecule is CC1(C)CC(Nc2ccc(Br)cc2)CN1. The second kappa shape index (κ2) is 4.14. The summed E-state index contributed by atoms with van der Waals surface area (Å²) in [5.41, 5.74) is 1.47. The lowest BCUT2D eigenvalue weighted by molar-refractivity contribution is 0.457. The summed E-state index contributed by atoms with van der Waals surface area (Å²) in [7, 11) is 0. The largest absolute Gasteiger partial charge is 0.381 e. The maximum Gasteiger partial charge on any atom is 0.0403 e. The molecule has 3 heteroatoms. The number of nitrogens with one attached hydrogen (secondary N) is 2. The van der Waals surface area contributed by atoms with Gasteiger partial charge in [0.05, 0.1) is 0 Å². The van der Waals surface area contributed by atoms with Crippen molar-refractivity contribution in [1.29, 1.82) is 0 Å². The molecule has 1 atom stereocenters. The van der Waals surface area contributed by atoms with Gasteiger partial charge in [0.25, 0.3) is 0 Å². The Hall–Kier alpha value is -0.540. The monoisotopic (exact) mass is 268 g/mol. The molecule has 2 rings (SSSR count). The zero-order valence-electron chi connectivity index (χ0n) is 9.18. The van der Waals surface area contributed by atoms with Crippen molar-refractivity contribution in [3.63, 3.8) is 0 Å². The predicted molar refractivity (Wildman–Crippen MR) is 68.3 cm³/mol. The first kappa shape index (κ1) is 11.0. The zero-order chi connectivity index (χ0) is 10.9. The van der Waals surface area contributed by atoms with Gasteiger partial charge in [-0.15, -0.1) is 0 Å². The van der Waals surface area contributed by atoms with E-state index in [4.69, 9.17) is 0 Å². The standard InChI is InChI=1S/C12H17BrN2/c1-12(2)7-11(8-14-12)15-10-5-3-9(13)4-6-10/h3-6,11,14-15H,7-8H2,1-2H3. The molecular weight excluding hydrogens is 252 g/mol. The minimum Gasteiger partial charge on any atom is -0.381 e. The number of rotatable bonds is 2. The lowest BCUT2D eigenvalue weighted by atomic mass is 10.0. The van der Waals surface area contributed by atoms with Gasteiger partial charge >= 0.3 is 0 Å². The molecule has 0 radical (unpaired) electrons. The smallest absolute Gasteiger partial charge is 0.0403 e. The number of anilines is 1. The van der Waals surface area contributed by atoms with Crippen LogP contribution < -0.4 is 10.6 Å². The van der Waals surface area contributed by atoms with E-state index in [1.807, 2.05) is 0 Å². The van der Waals surface area contributed by atoms with E-state index in [0.717, 1.165) is 11.0 Å². The van der Waals surface area contributed by atoms with E-state index in [-0.39, 0.29) is 5.54 Å². The fourth-order valence-corrected chi connectivity index (χ4v) is 2.31. The van der Waals surface area contributed by atoms with Gasteiger partial charge in [0.2, 0.25) is 0 Å². The Bertz CT molecular complexity index is 332. The third-order valence-electron chi connectivity index (χ3n) is 2.80. The molecule has 0 aromatic heterocycles. The Morgan fingerprint density at radius 3 is 2.53 bits per heavy atom. The van der Waals surface area contributed by atoms with Crippen LogP contribution >= 0.6 is 15.9 Å². The van der Waals surface area contributed by atoms with Gasteiger partial charge in [-0.2, -0.15) is 0 Å². The lowest BCUT2D eigenvalue weighted by Crippen LogP contribution is -2.31. The van der Waals surface area contributed by atoms with E-state index < -0.39 is 0 Å². The molecule has 15 heavy (non-hydrogen) atoms. The van der Waals surface area contributed by atoms with Crippen molar-refractivity contribution >= 4 is 21.6 Å². The Labute approximate surface area is 99.6 Å². The highest BCUT2D eigenvalue weighted by Crippen LogP contribution is 2.22. The van der Waals surface area contributed by atoms with Crippen molar-refractivity contribution in [2.24, 2.45) is 0 Å². The van der Waals surface area contributed by atoms with Crippen LogP contribution in [0.15, 0.2) is 28.7 Å². The topological polar surface area (TPSA) is 24.1 Å². The molecule has 1 aromatic rings. The molecule has 82 valence electrons. The fraction of sp³-hybridized carbons (Fsp3) is 0.500. The van der Waals surface area contributed by atoms with Crippen molar-refractivity contribution in [2.75, 3.05) is 11.9 Å². The van der Waals surface area contributed by atoms with Crippen LogP contribution in [-0.4, -0.2) is 18.1 Å². The highest BCUT2D eigenvalue weighted by atomic mass is 79.9. The Morgan fingerprint density at radius 2 is 2.00 bits per heavy atom. The van der Waals surface area contributed by atoms with E-state index in [0.29, 0.717) is 6.04 Å². The quantitative estimate of drug-likeness (QED) is 0.862. The Balaban J connectivity index is 1.96. The van der Waals surface area contributed by atoms with Crippen LogP contribution in [0.5, 0.6) is 0 Å². The minimum atomic E-state index is 0.271. The van der Waals surface area contributed by atoms with Crippen molar-refractivity contribution in [3.8, 4) is 0 Å². The van der Waals surface area contributed by atoms with E-state index in [1.54, 1.807) is 0 Å². The third-order valence-corrected chi connectivity index (χ3v) is 3.33. The summed E-state index contributed by atoms with van der Waals surface area (Å²) in [6, 6.07) is 8.89. The van der Waals surface area contributed by atoms with Crippen LogP contribution in [0.4, 0.5) is 5.69 Å². The molecule has 0 aliphatic carbocycles.